The summed E-state index contributed by atoms with van der Waals surface area (Å²) in [6.07, 6.45) is 9.11. The van der Waals surface area contributed by atoms with Crippen LogP contribution in [0.1, 0.15) is 105 Å². The summed E-state index contributed by atoms with van der Waals surface area (Å²) in [4.78, 5) is 34.1. The highest BCUT2D eigenvalue weighted by Crippen LogP contribution is 2.51. The number of carbonyl (C=O) groups is 2. The Morgan fingerprint density at radius 2 is 1.45 bits per heavy atom. The maximum absolute atomic E-state index is 14.1. The number of rotatable bonds is 7. The lowest BCUT2D eigenvalue weighted by Crippen LogP contribution is -2.42. The van der Waals surface area contributed by atoms with Crippen LogP contribution in [0.2, 0.25) is 0 Å². The van der Waals surface area contributed by atoms with Crippen molar-refractivity contribution in [1.29, 1.82) is 0 Å². The second kappa shape index (κ2) is 12.7. The van der Waals surface area contributed by atoms with Gasteiger partial charge in [0.25, 0.3) is 0 Å². The molecule has 5 rings (SSSR count). The summed E-state index contributed by atoms with van der Waals surface area (Å²) in [7, 11) is 0. The summed E-state index contributed by atoms with van der Waals surface area (Å²) in [5.41, 5.74) is 0.728. The van der Waals surface area contributed by atoms with Crippen LogP contribution < -0.4 is 0 Å². The minimum absolute atomic E-state index is 0.110. The van der Waals surface area contributed by atoms with Gasteiger partial charge >= 0.3 is 11.9 Å². The van der Waals surface area contributed by atoms with Crippen LogP contribution >= 0.6 is 0 Å². The van der Waals surface area contributed by atoms with Crippen LogP contribution in [-0.2, 0) is 29.4 Å². The van der Waals surface area contributed by atoms with Crippen molar-refractivity contribution in [2.45, 2.75) is 124 Å². The highest BCUT2D eigenvalue weighted by molar-refractivity contribution is 5.85. The molecule has 2 heterocycles. The Kier molecular flexibility index (Phi) is 9.42. The predicted molar refractivity (Wildman–Crippen MR) is 164 cm³/mol. The fourth-order valence-corrected chi connectivity index (χ4v) is 8.33. The Labute approximate surface area is 253 Å². The number of hydrogen-bond acceptors (Lipinski definition) is 6. The molecule has 2 aliphatic carbocycles. The molecule has 4 fully saturated rings. The molecule has 6 nitrogen and oxygen atoms in total. The molecule has 0 radical (unpaired) electrons. The first-order valence-electron chi connectivity index (χ1n) is 16.6. The van der Waals surface area contributed by atoms with E-state index in [2.05, 4.69) is 60.6 Å². The quantitative estimate of drug-likeness (QED) is 0.242. The Balaban J connectivity index is 1.42. The highest BCUT2D eigenvalue weighted by atomic mass is 16.7. The first-order valence-corrected chi connectivity index (χ1v) is 16.6. The van der Waals surface area contributed by atoms with E-state index >= 15 is 0 Å². The lowest BCUT2D eigenvalue weighted by molar-refractivity contribution is -0.164. The van der Waals surface area contributed by atoms with E-state index in [1.807, 2.05) is 23.3 Å². The standard InChI is InChI=1S/C36H53NO5/c1-22(2)27-15-13-24(5)19-30(27)40-33(38)21-32-34(35(39)41-31-20-25(6)14-16-28(31)23(3)4)29-17-18-36(7,37(29)42-32)26-11-9-8-10-12-26/h8-12,21-25,27-31,34H,13-20H2,1-7H3/b32-21-/t24-,25-,27+,28+,29-,30-,31-,34-,36-/m0/s1. The van der Waals surface area contributed by atoms with Crippen molar-refractivity contribution in [3.8, 4) is 0 Å². The molecule has 42 heavy (non-hydrogen) atoms. The Morgan fingerprint density at radius 1 is 0.881 bits per heavy atom. The minimum Gasteiger partial charge on any atom is -0.461 e. The molecule has 0 spiro atoms. The first kappa shape index (κ1) is 31.1. The third-order valence-electron chi connectivity index (χ3n) is 11.0. The largest absolute Gasteiger partial charge is 0.461 e. The van der Waals surface area contributed by atoms with Crippen molar-refractivity contribution in [2.24, 2.45) is 41.4 Å². The van der Waals surface area contributed by atoms with Gasteiger partial charge in [-0.05, 0) is 86.5 Å². The number of esters is 2. The molecule has 9 atom stereocenters. The molecule has 2 saturated carbocycles. The number of hydrogen-bond donors (Lipinski definition) is 0. The van der Waals surface area contributed by atoms with Gasteiger partial charge in [-0.2, -0.15) is 0 Å². The SMILES string of the molecule is CC(C)[C@H]1CC[C@H](C)C[C@@H]1OC(=O)/C=C1\ON2[C@@H](CC[C@@]2(C)c2ccccc2)[C@@H]1C(=O)O[C@H]1C[C@@H](C)CC[C@@H]1C(C)C. The summed E-state index contributed by atoms with van der Waals surface area (Å²) < 4.78 is 12.5. The number of fused-ring (bicyclic) bond motifs is 1. The van der Waals surface area contributed by atoms with Gasteiger partial charge < -0.3 is 14.3 Å². The number of hydroxylamine groups is 2. The van der Waals surface area contributed by atoms with Gasteiger partial charge in [0.1, 0.15) is 23.9 Å². The zero-order valence-electron chi connectivity index (χ0n) is 26.9. The van der Waals surface area contributed by atoms with E-state index < -0.39 is 17.4 Å². The molecule has 0 bridgehead atoms. The molecule has 0 N–H and O–H groups in total. The minimum atomic E-state index is -0.653. The van der Waals surface area contributed by atoms with Crippen molar-refractivity contribution in [1.82, 2.24) is 5.06 Å². The second-order valence-electron chi connectivity index (χ2n) is 14.8. The normalized spacial score (nSPS) is 38.0. The number of nitrogens with zero attached hydrogens (tertiary/aromatic N) is 1. The maximum atomic E-state index is 14.1. The van der Waals surface area contributed by atoms with E-state index in [0.717, 1.165) is 44.1 Å². The zero-order chi connectivity index (χ0) is 30.2. The number of carbonyl (C=O) groups excluding carboxylic acids is 2. The lowest BCUT2D eigenvalue weighted by atomic mass is 9.75. The van der Waals surface area contributed by atoms with Crippen LogP contribution in [0.4, 0.5) is 0 Å². The van der Waals surface area contributed by atoms with E-state index in [-0.39, 0.29) is 24.2 Å². The van der Waals surface area contributed by atoms with Gasteiger partial charge in [-0.25, -0.2) is 4.79 Å². The molecule has 1 aromatic rings. The van der Waals surface area contributed by atoms with Crippen LogP contribution in [0.3, 0.4) is 0 Å². The van der Waals surface area contributed by atoms with Crippen molar-refractivity contribution >= 4 is 11.9 Å². The summed E-state index contributed by atoms with van der Waals surface area (Å²) in [5.74, 6) is 1.66. The number of ether oxygens (including phenoxy) is 2. The third-order valence-corrected chi connectivity index (χ3v) is 11.0. The van der Waals surface area contributed by atoms with E-state index in [4.69, 9.17) is 14.3 Å². The van der Waals surface area contributed by atoms with Gasteiger partial charge in [0.15, 0.2) is 0 Å². The van der Waals surface area contributed by atoms with E-state index in [1.165, 1.54) is 18.9 Å². The lowest BCUT2D eigenvalue weighted by Gasteiger charge is -2.37. The topological polar surface area (TPSA) is 65.1 Å². The van der Waals surface area contributed by atoms with E-state index in [0.29, 0.717) is 41.3 Å². The van der Waals surface area contributed by atoms with Crippen molar-refractivity contribution in [2.75, 3.05) is 0 Å². The van der Waals surface area contributed by atoms with Gasteiger partial charge in [0.2, 0.25) is 0 Å². The molecule has 6 heteroatoms. The van der Waals surface area contributed by atoms with Crippen molar-refractivity contribution in [3.05, 3.63) is 47.7 Å². The third kappa shape index (κ3) is 6.30. The van der Waals surface area contributed by atoms with Crippen LogP contribution in [0.15, 0.2) is 42.2 Å². The molecular weight excluding hydrogens is 526 g/mol. The molecule has 0 unspecified atom stereocenters. The Morgan fingerprint density at radius 3 is 2.02 bits per heavy atom. The summed E-state index contributed by atoms with van der Waals surface area (Å²) >= 11 is 0. The second-order valence-corrected chi connectivity index (χ2v) is 14.8. The molecule has 0 aromatic heterocycles. The average Bonchev–Trinajstić information content (AvgIpc) is 3.45. The van der Waals surface area contributed by atoms with Gasteiger partial charge in [-0.1, -0.05) is 84.7 Å². The predicted octanol–water partition coefficient (Wildman–Crippen LogP) is 7.82. The Bertz CT molecular complexity index is 1130. The van der Waals surface area contributed by atoms with Crippen LogP contribution in [0.25, 0.3) is 0 Å². The molecule has 0 amide bonds. The highest BCUT2D eigenvalue weighted by Gasteiger charge is 2.58. The molecule has 232 valence electrons. The molecular formula is C36H53NO5. The van der Waals surface area contributed by atoms with Crippen LogP contribution in [0, 0.1) is 41.4 Å². The monoisotopic (exact) mass is 579 g/mol. The average molecular weight is 580 g/mol. The summed E-state index contributed by atoms with van der Waals surface area (Å²) in [6.45, 7) is 15.5. The molecule has 4 aliphatic rings. The molecule has 2 saturated heterocycles. The molecule has 2 aliphatic heterocycles. The van der Waals surface area contributed by atoms with E-state index in [1.54, 1.807) is 0 Å². The maximum Gasteiger partial charge on any atom is 0.334 e. The smallest absolute Gasteiger partial charge is 0.334 e. The summed E-state index contributed by atoms with van der Waals surface area (Å²) in [6, 6.07) is 10.1. The van der Waals surface area contributed by atoms with Gasteiger partial charge in [0, 0.05) is 0 Å². The van der Waals surface area contributed by atoms with Crippen LogP contribution in [-0.4, -0.2) is 35.3 Å². The fourth-order valence-electron chi connectivity index (χ4n) is 8.33. The Hall–Kier alpha value is -2.34. The van der Waals surface area contributed by atoms with Gasteiger partial charge in [-0.15, -0.1) is 5.06 Å². The van der Waals surface area contributed by atoms with Crippen molar-refractivity contribution < 1.29 is 23.9 Å². The summed E-state index contributed by atoms with van der Waals surface area (Å²) in [5, 5.41) is 1.97. The zero-order valence-corrected chi connectivity index (χ0v) is 26.9. The van der Waals surface area contributed by atoms with Gasteiger partial charge in [0.05, 0.1) is 17.7 Å². The first-order chi connectivity index (χ1) is 20.0. The van der Waals surface area contributed by atoms with E-state index in [9.17, 15) is 9.59 Å². The van der Waals surface area contributed by atoms with Gasteiger partial charge in [-0.3, -0.25) is 4.79 Å². The van der Waals surface area contributed by atoms with Crippen LogP contribution in [0.5, 0.6) is 0 Å². The van der Waals surface area contributed by atoms with Crippen molar-refractivity contribution in [3.63, 3.8) is 0 Å². The number of benzene rings is 1. The molecule has 1 aromatic carbocycles. The fraction of sp³-hybridized carbons (Fsp3) is 0.722.